The van der Waals surface area contributed by atoms with E-state index in [1.807, 2.05) is 12.1 Å². The van der Waals surface area contributed by atoms with Crippen LogP contribution >= 0.6 is 19.2 Å². The molecule has 0 saturated carbocycles. The van der Waals surface area contributed by atoms with E-state index >= 15 is 0 Å². The second-order valence-corrected chi connectivity index (χ2v) is 7.08. The molecule has 0 aliphatic heterocycles. The number of rotatable bonds is 8. The molecule has 5 nitrogen and oxygen atoms in total. The minimum Gasteiger partial charge on any atom is -0.342 e. The van der Waals surface area contributed by atoms with Gasteiger partial charge in [0.15, 0.2) is 0 Å². The molecule has 1 amide bonds. The van der Waals surface area contributed by atoms with Crippen molar-refractivity contribution >= 4 is 25.1 Å². The van der Waals surface area contributed by atoms with Crippen molar-refractivity contribution in [3.8, 4) is 0 Å². The van der Waals surface area contributed by atoms with Gasteiger partial charge in [-0.3, -0.25) is 9.36 Å². The smallest absolute Gasteiger partial charge is 0.342 e. The van der Waals surface area contributed by atoms with Gasteiger partial charge in [-0.25, -0.2) is 0 Å². The number of carbonyl (C=O) groups is 1. The molecular weight excluding hydrogens is 313 g/mol. The topological polar surface area (TPSA) is 64.6 Å². The lowest BCUT2D eigenvalue weighted by atomic mass is 10.1. The standard InChI is InChI=1S/C14H21ClNO4P/c1-4-19-21(18,20-5-2)14(16-11(3)17)10-12-6-8-13(15)9-7-12/h6-9,14H,4-5,10H2,1-3H3,(H,16,17)/t14-/m1/s1. The molecule has 0 bridgehead atoms. The fourth-order valence-corrected chi connectivity index (χ4v) is 3.95. The Kier molecular flexibility index (Phi) is 7.40. The molecule has 1 N–H and O–H groups in total. The average Bonchev–Trinajstić information content (AvgIpc) is 2.40. The van der Waals surface area contributed by atoms with Crippen LogP contribution in [0.25, 0.3) is 0 Å². The monoisotopic (exact) mass is 333 g/mol. The average molecular weight is 334 g/mol. The first-order valence-corrected chi connectivity index (χ1v) is 8.80. The van der Waals surface area contributed by atoms with E-state index in [1.54, 1.807) is 26.0 Å². The summed E-state index contributed by atoms with van der Waals surface area (Å²) in [6, 6.07) is 7.13. The van der Waals surface area contributed by atoms with Crippen molar-refractivity contribution in [2.24, 2.45) is 0 Å². The summed E-state index contributed by atoms with van der Waals surface area (Å²) < 4.78 is 23.5. The predicted molar refractivity (Wildman–Crippen MR) is 83.6 cm³/mol. The van der Waals surface area contributed by atoms with Crippen LogP contribution in [0.3, 0.4) is 0 Å². The zero-order chi connectivity index (χ0) is 15.9. The minimum absolute atomic E-state index is 0.244. The van der Waals surface area contributed by atoms with Crippen LogP contribution in [0, 0.1) is 0 Å². The molecule has 0 radical (unpaired) electrons. The van der Waals surface area contributed by atoms with Gasteiger partial charge in [-0.15, -0.1) is 0 Å². The van der Waals surface area contributed by atoms with Gasteiger partial charge in [-0.2, -0.15) is 0 Å². The zero-order valence-corrected chi connectivity index (χ0v) is 14.1. The van der Waals surface area contributed by atoms with Gasteiger partial charge in [0.05, 0.1) is 13.2 Å². The summed E-state index contributed by atoms with van der Waals surface area (Å²) in [5, 5.41) is 3.29. The highest BCUT2D eigenvalue weighted by atomic mass is 35.5. The highest BCUT2D eigenvalue weighted by Crippen LogP contribution is 2.52. The van der Waals surface area contributed by atoms with Gasteiger partial charge >= 0.3 is 7.60 Å². The van der Waals surface area contributed by atoms with Crippen molar-refractivity contribution in [2.75, 3.05) is 13.2 Å². The lowest BCUT2D eigenvalue weighted by molar-refractivity contribution is -0.119. The lowest BCUT2D eigenvalue weighted by Crippen LogP contribution is -2.36. The second-order valence-electron chi connectivity index (χ2n) is 4.42. The fraction of sp³-hybridized carbons (Fsp3) is 0.500. The Morgan fingerprint density at radius 3 is 2.19 bits per heavy atom. The number of carbonyl (C=O) groups excluding carboxylic acids is 1. The Morgan fingerprint density at radius 2 is 1.76 bits per heavy atom. The first kappa shape index (κ1) is 18.2. The van der Waals surface area contributed by atoms with Crippen molar-refractivity contribution in [3.63, 3.8) is 0 Å². The molecule has 118 valence electrons. The molecular formula is C14H21ClNO4P. The zero-order valence-electron chi connectivity index (χ0n) is 12.5. The van der Waals surface area contributed by atoms with Gasteiger partial charge in [0.2, 0.25) is 5.91 Å². The number of hydrogen-bond donors (Lipinski definition) is 1. The van der Waals surface area contributed by atoms with Crippen LogP contribution < -0.4 is 5.32 Å². The first-order valence-electron chi connectivity index (χ1n) is 6.81. The lowest BCUT2D eigenvalue weighted by Gasteiger charge is -2.26. The van der Waals surface area contributed by atoms with Gasteiger partial charge in [-0.05, 0) is 31.5 Å². The van der Waals surface area contributed by atoms with Crippen LogP contribution in [-0.4, -0.2) is 24.9 Å². The normalized spacial score (nSPS) is 13.0. The number of amides is 1. The van der Waals surface area contributed by atoms with Crippen LogP contribution in [0.15, 0.2) is 24.3 Å². The van der Waals surface area contributed by atoms with Crippen LogP contribution in [0.5, 0.6) is 0 Å². The number of benzene rings is 1. The molecule has 21 heavy (non-hydrogen) atoms. The Morgan fingerprint density at radius 1 is 1.24 bits per heavy atom. The van der Waals surface area contributed by atoms with E-state index in [2.05, 4.69) is 5.32 Å². The van der Waals surface area contributed by atoms with E-state index in [4.69, 9.17) is 20.6 Å². The summed E-state index contributed by atoms with van der Waals surface area (Å²) >= 11 is 5.85. The molecule has 0 aromatic heterocycles. The van der Waals surface area contributed by atoms with Crippen molar-refractivity contribution in [3.05, 3.63) is 34.9 Å². The summed E-state index contributed by atoms with van der Waals surface area (Å²) in [6.45, 7) is 5.33. The highest BCUT2D eigenvalue weighted by molar-refractivity contribution is 7.54. The Labute approximate surface area is 130 Å². The van der Waals surface area contributed by atoms with Gasteiger partial charge < -0.3 is 14.4 Å². The Balaban J connectivity index is 2.99. The van der Waals surface area contributed by atoms with Crippen molar-refractivity contribution < 1.29 is 18.4 Å². The first-order chi connectivity index (χ1) is 9.91. The summed E-state index contributed by atoms with van der Waals surface area (Å²) in [4.78, 5) is 11.4. The largest absolute Gasteiger partial charge is 0.353 e. The van der Waals surface area contributed by atoms with Gasteiger partial charge in [-0.1, -0.05) is 23.7 Å². The third kappa shape index (κ3) is 5.79. The molecule has 1 atom stereocenters. The van der Waals surface area contributed by atoms with E-state index in [0.717, 1.165) is 5.56 Å². The summed E-state index contributed by atoms with van der Waals surface area (Å²) in [5.74, 6) is -1.01. The van der Waals surface area contributed by atoms with Crippen molar-refractivity contribution in [1.29, 1.82) is 0 Å². The van der Waals surface area contributed by atoms with E-state index in [9.17, 15) is 9.36 Å². The van der Waals surface area contributed by atoms with E-state index in [-0.39, 0.29) is 19.1 Å². The molecule has 0 saturated heterocycles. The molecule has 0 spiro atoms. The third-order valence-corrected chi connectivity index (χ3v) is 5.28. The summed E-state index contributed by atoms with van der Waals surface area (Å²) in [6.07, 6.45) is 0.341. The second kappa shape index (κ2) is 8.54. The molecule has 0 fully saturated rings. The van der Waals surface area contributed by atoms with Crippen molar-refractivity contribution in [1.82, 2.24) is 5.32 Å². The number of hydrogen-bond acceptors (Lipinski definition) is 4. The van der Waals surface area contributed by atoms with E-state index < -0.39 is 13.4 Å². The number of halogens is 1. The molecule has 1 aromatic carbocycles. The summed E-state index contributed by atoms with van der Waals surface area (Å²) in [5.41, 5.74) is 0.887. The van der Waals surface area contributed by atoms with Crippen LogP contribution in [0.1, 0.15) is 26.3 Å². The molecule has 1 aromatic rings. The highest BCUT2D eigenvalue weighted by Gasteiger charge is 2.36. The van der Waals surface area contributed by atoms with Crippen LogP contribution in [0.2, 0.25) is 5.02 Å². The van der Waals surface area contributed by atoms with E-state index in [1.165, 1.54) is 6.92 Å². The molecule has 0 heterocycles. The minimum atomic E-state index is -3.43. The molecule has 0 aliphatic carbocycles. The van der Waals surface area contributed by atoms with Crippen LogP contribution in [-0.2, 0) is 24.8 Å². The Hall–Kier alpha value is -0.870. The maximum atomic E-state index is 12.8. The number of nitrogens with one attached hydrogen (secondary N) is 1. The SMILES string of the molecule is CCOP(=O)(OCC)[C@H](Cc1ccc(Cl)cc1)NC(C)=O. The molecule has 0 unspecified atom stereocenters. The van der Waals surface area contributed by atoms with Crippen molar-refractivity contribution in [2.45, 2.75) is 33.0 Å². The Bertz CT molecular complexity index is 496. The summed E-state index contributed by atoms with van der Waals surface area (Å²) in [7, 11) is -3.43. The van der Waals surface area contributed by atoms with Gasteiger partial charge in [0.25, 0.3) is 0 Å². The fourth-order valence-electron chi connectivity index (χ4n) is 1.90. The third-order valence-electron chi connectivity index (χ3n) is 2.71. The molecule has 7 heteroatoms. The predicted octanol–water partition coefficient (Wildman–Crippen LogP) is 3.61. The van der Waals surface area contributed by atoms with Gasteiger partial charge in [0.1, 0.15) is 5.78 Å². The quantitative estimate of drug-likeness (QED) is 0.738. The van der Waals surface area contributed by atoms with Crippen LogP contribution in [0.4, 0.5) is 0 Å². The van der Waals surface area contributed by atoms with Gasteiger partial charge in [0, 0.05) is 18.4 Å². The molecule has 0 aliphatic rings. The molecule has 1 rings (SSSR count). The maximum absolute atomic E-state index is 12.8. The van der Waals surface area contributed by atoms with E-state index in [0.29, 0.717) is 11.4 Å². The maximum Gasteiger partial charge on any atom is 0.353 e.